The second kappa shape index (κ2) is 3.91. The fourth-order valence-corrected chi connectivity index (χ4v) is 1.05. The molecule has 0 aromatic heterocycles. The maximum Gasteiger partial charge on any atom is 0.0643 e. The van der Waals surface area contributed by atoms with E-state index in [1.807, 2.05) is 32.1 Å². The zero-order valence-electron chi connectivity index (χ0n) is 7.04. The number of nitrogens with zero attached hydrogens (tertiary/aromatic N) is 1. The molecule has 0 saturated carbocycles. The van der Waals surface area contributed by atoms with Gasteiger partial charge in [-0.15, -0.1) is 0 Å². The Morgan fingerprint density at radius 2 is 2.09 bits per heavy atom. The molecule has 1 heteroatoms. The van der Waals surface area contributed by atoms with Gasteiger partial charge in [-0.3, -0.25) is 4.99 Å². The SMILES string of the molecule is C/C=C1/C=CC=CC1=NCC. The van der Waals surface area contributed by atoms with E-state index in [0.29, 0.717) is 0 Å². The number of hydrogen-bond donors (Lipinski definition) is 0. The van der Waals surface area contributed by atoms with Crippen LogP contribution < -0.4 is 0 Å². The molecule has 0 unspecified atom stereocenters. The third kappa shape index (κ3) is 1.90. The summed E-state index contributed by atoms with van der Waals surface area (Å²) in [7, 11) is 0. The topological polar surface area (TPSA) is 12.4 Å². The summed E-state index contributed by atoms with van der Waals surface area (Å²) in [4.78, 5) is 4.35. The lowest BCUT2D eigenvalue weighted by atomic mass is 10.1. The highest BCUT2D eigenvalue weighted by Gasteiger charge is 1.99. The maximum absolute atomic E-state index is 4.35. The standard InChI is InChI=1S/C10H13N/c1-3-9-7-5-6-8-10(9)11-4-2/h3,5-8H,4H2,1-2H3/b9-3-,11-10?. The van der Waals surface area contributed by atoms with Gasteiger partial charge in [-0.1, -0.05) is 24.3 Å². The molecular weight excluding hydrogens is 134 g/mol. The number of aliphatic imine (C=N–C) groups is 1. The van der Waals surface area contributed by atoms with E-state index >= 15 is 0 Å². The highest BCUT2D eigenvalue weighted by atomic mass is 14.7. The van der Waals surface area contributed by atoms with E-state index in [1.165, 1.54) is 5.57 Å². The molecule has 0 fully saturated rings. The van der Waals surface area contributed by atoms with Crippen LogP contribution in [0.4, 0.5) is 0 Å². The van der Waals surface area contributed by atoms with Gasteiger partial charge in [-0.05, 0) is 25.5 Å². The second-order valence-corrected chi connectivity index (χ2v) is 2.32. The van der Waals surface area contributed by atoms with Crippen molar-refractivity contribution in [3.8, 4) is 0 Å². The molecule has 0 aliphatic heterocycles. The zero-order chi connectivity index (χ0) is 8.10. The quantitative estimate of drug-likeness (QED) is 0.540. The fraction of sp³-hybridized carbons (Fsp3) is 0.300. The highest BCUT2D eigenvalue weighted by molar-refractivity contribution is 6.11. The lowest BCUT2D eigenvalue weighted by Crippen LogP contribution is -1.99. The van der Waals surface area contributed by atoms with E-state index in [2.05, 4.69) is 17.1 Å². The molecule has 0 amide bonds. The maximum atomic E-state index is 4.35. The van der Waals surface area contributed by atoms with Gasteiger partial charge in [-0.25, -0.2) is 0 Å². The highest BCUT2D eigenvalue weighted by Crippen LogP contribution is 2.07. The van der Waals surface area contributed by atoms with Gasteiger partial charge in [0.25, 0.3) is 0 Å². The van der Waals surface area contributed by atoms with Crippen molar-refractivity contribution in [1.82, 2.24) is 0 Å². The average molecular weight is 147 g/mol. The van der Waals surface area contributed by atoms with E-state index in [-0.39, 0.29) is 0 Å². The summed E-state index contributed by atoms with van der Waals surface area (Å²) in [6.07, 6.45) is 10.2. The Balaban J connectivity index is 2.88. The minimum Gasteiger partial charge on any atom is -0.285 e. The summed E-state index contributed by atoms with van der Waals surface area (Å²) in [6.45, 7) is 4.93. The summed E-state index contributed by atoms with van der Waals surface area (Å²) >= 11 is 0. The van der Waals surface area contributed by atoms with Crippen LogP contribution in [0.3, 0.4) is 0 Å². The lowest BCUT2D eigenvalue weighted by Gasteiger charge is -2.04. The molecule has 0 radical (unpaired) electrons. The summed E-state index contributed by atoms with van der Waals surface area (Å²) in [5.41, 5.74) is 2.31. The van der Waals surface area contributed by atoms with Gasteiger partial charge in [0, 0.05) is 6.54 Å². The molecule has 11 heavy (non-hydrogen) atoms. The number of allylic oxidation sites excluding steroid dienone is 6. The number of rotatable bonds is 1. The number of hydrogen-bond acceptors (Lipinski definition) is 1. The molecule has 0 heterocycles. The van der Waals surface area contributed by atoms with Crippen LogP contribution >= 0.6 is 0 Å². The zero-order valence-corrected chi connectivity index (χ0v) is 7.04. The van der Waals surface area contributed by atoms with Crippen molar-refractivity contribution >= 4 is 5.71 Å². The third-order valence-electron chi connectivity index (χ3n) is 1.58. The van der Waals surface area contributed by atoms with Crippen molar-refractivity contribution in [2.24, 2.45) is 4.99 Å². The predicted octanol–water partition coefficient (Wildman–Crippen LogP) is 2.52. The fourth-order valence-electron chi connectivity index (χ4n) is 1.05. The Hall–Kier alpha value is -1.11. The van der Waals surface area contributed by atoms with Crippen molar-refractivity contribution in [1.29, 1.82) is 0 Å². The van der Waals surface area contributed by atoms with Gasteiger partial charge in [0.15, 0.2) is 0 Å². The van der Waals surface area contributed by atoms with E-state index < -0.39 is 0 Å². The molecule has 1 aliphatic carbocycles. The molecule has 0 spiro atoms. The lowest BCUT2D eigenvalue weighted by molar-refractivity contribution is 1.13. The van der Waals surface area contributed by atoms with Crippen molar-refractivity contribution in [3.63, 3.8) is 0 Å². The molecule has 0 saturated heterocycles. The molecule has 1 aliphatic rings. The van der Waals surface area contributed by atoms with Gasteiger partial charge in [-0.2, -0.15) is 0 Å². The molecule has 0 aromatic rings. The molecule has 1 nitrogen and oxygen atoms in total. The van der Waals surface area contributed by atoms with Gasteiger partial charge < -0.3 is 0 Å². The summed E-state index contributed by atoms with van der Waals surface area (Å²) < 4.78 is 0. The second-order valence-electron chi connectivity index (χ2n) is 2.32. The van der Waals surface area contributed by atoms with Crippen LogP contribution in [0.2, 0.25) is 0 Å². The summed E-state index contributed by atoms with van der Waals surface area (Å²) in [5, 5.41) is 0. The van der Waals surface area contributed by atoms with Crippen molar-refractivity contribution < 1.29 is 0 Å². The van der Waals surface area contributed by atoms with Crippen molar-refractivity contribution in [2.75, 3.05) is 6.54 Å². The van der Waals surface area contributed by atoms with Crippen LogP contribution in [0, 0.1) is 0 Å². The first-order valence-corrected chi connectivity index (χ1v) is 3.94. The summed E-state index contributed by atoms with van der Waals surface area (Å²) in [5.74, 6) is 0. The largest absolute Gasteiger partial charge is 0.285 e. The first kappa shape index (κ1) is 7.99. The molecule has 0 bridgehead atoms. The molecular formula is C10H13N. The Labute approximate surface area is 67.8 Å². The Bertz CT molecular complexity index is 242. The van der Waals surface area contributed by atoms with Crippen LogP contribution in [0.1, 0.15) is 13.8 Å². The van der Waals surface area contributed by atoms with Gasteiger partial charge in [0.2, 0.25) is 0 Å². The van der Waals surface area contributed by atoms with Crippen LogP contribution in [0.5, 0.6) is 0 Å². The third-order valence-corrected chi connectivity index (χ3v) is 1.58. The van der Waals surface area contributed by atoms with Crippen LogP contribution in [-0.4, -0.2) is 12.3 Å². The molecule has 0 N–H and O–H groups in total. The molecule has 1 rings (SSSR count). The van der Waals surface area contributed by atoms with Crippen LogP contribution in [0.15, 0.2) is 40.9 Å². The van der Waals surface area contributed by atoms with E-state index in [0.717, 1.165) is 12.3 Å². The molecule has 0 aromatic carbocycles. The van der Waals surface area contributed by atoms with Crippen molar-refractivity contribution in [2.45, 2.75) is 13.8 Å². The molecule has 0 atom stereocenters. The predicted molar refractivity (Wildman–Crippen MR) is 50.0 cm³/mol. The first-order valence-electron chi connectivity index (χ1n) is 3.94. The molecule has 58 valence electrons. The van der Waals surface area contributed by atoms with Crippen LogP contribution in [-0.2, 0) is 0 Å². The summed E-state index contributed by atoms with van der Waals surface area (Å²) in [6, 6.07) is 0. The average Bonchev–Trinajstić information content (AvgIpc) is 2.06. The van der Waals surface area contributed by atoms with E-state index in [4.69, 9.17) is 0 Å². The normalized spacial score (nSPS) is 23.5. The van der Waals surface area contributed by atoms with Gasteiger partial charge >= 0.3 is 0 Å². The van der Waals surface area contributed by atoms with E-state index in [9.17, 15) is 0 Å². The van der Waals surface area contributed by atoms with Gasteiger partial charge in [0.1, 0.15) is 0 Å². The van der Waals surface area contributed by atoms with E-state index in [1.54, 1.807) is 0 Å². The first-order chi connectivity index (χ1) is 5.38. The monoisotopic (exact) mass is 147 g/mol. The Kier molecular flexibility index (Phi) is 2.84. The van der Waals surface area contributed by atoms with Gasteiger partial charge in [0.05, 0.1) is 5.71 Å². The minimum atomic E-state index is 0.852. The Morgan fingerprint density at radius 1 is 1.36 bits per heavy atom. The van der Waals surface area contributed by atoms with Crippen molar-refractivity contribution in [3.05, 3.63) is 36.0 Å². The smallest absolute Gasteiger partial charge is 0.0643 e. The Morgan fingerprint density at radius 3 is 2.73 bits per heavy atom. The van der Waals surface area contributed by atoms with Crippen LogP contribution in [0.25, 0.3) is 0 Å². The minimum absolute atomic E-state index is 0.852.